The minimum absolute atomic E-state index is 0.155. The fourth-order valence-electron chi connectivity index (χ4n) is 2.19. The Morgan fingerprint density at radius 2 is 2.11 bits per heavy atom. The predicted molar refractivity (Wildman–Crippen MR) is 74.5 cm³/mol. The monoisotopic (exact) mass is 246 g/mol. The predicted octanol–water partition coefficient (Wildman–Crippen LogP) is 2.68. The molecule has 0 amide bonds. The molecule has 4 nitrogen and oxygen atoms in total. The van der Waals surface area contributed by atoms with Gasteiger partial charge in [0, 0.05) is 24.2 Å². The average Bonchev–Trinajstić information content (AvgIpc) is 2.63. The van der Waals surface area contributed by atoms with Crippen molar-refractivity contribution in [1.29, 1.82) is 0 Å². The Labute approximate surface area is 108 Å². The molecule has 2 aromatic heterocycles. The minimum Gasteiger partial charge on any atom is -0.326 e. The van der Waals surface area contributed by atoms with Crippen molar-refractivity contribution in [1.82, 2.24) is 14.5 Å². The number of nitrogens with zero attached hydrogens (tertiary/aromatic N) is 3. The first-order valence-electron chi connectivity index (χ1n) is 6.48. The first kappa shape index (κ1) is 13.0. The summed E-state index contributed by atoms with van der Waals surface area (Å²) in [5, 5.41) is 0. The van der Waals surface area contributed by atoms with Crippen LogP contribution < -0.4 is 5.73 Å². The molecule has 0 saturated heterocycles. The van der Waals surface area contributed by atoms with Crippen LogP contribution in [0.3, 0.4) is 0 Å². The molecule has 0 radical (unpaired) electrons. The number of hydrogen-bond donors (Lipinski definition) is 1. The van der Waals surface area contributed by atoms with Crippen molar-refractivity contribution in [3.63, 3.8) is 0 Å². The first-order valence-corrected chi connectivity index (χ1v) is 6.48. The van der Waals surface area contributed by atoms with E-state index in [0.717, 1.165) is 29.7 Å². The molecule has 0 saturated carbocycles. The summed E-state index contributed by atoms with van der Waals surface area (Å²) in [5.41, 5.74) is 8.03. The van der Waals surface area contributed by atoms with Gasteiger partial charge in [0.05, 0.1) is 11.7 Å². The average molecular weight is 246 g/mol. The molecule has 0 aliphatic rings. The maximum absolute atomic E-state index is 6.05. The molecule has 0 bridgehead atoms. The maximum atomic E-state index is 6.05. The Balaban J connectivity index is 2.40. The van der Waals surface area contributed by atoms with E-state index >= 15 is 0 Å². The standard InChI is InChI=1S/C14H22N4/c1-10(2)18-12-6-8-16-9-11(12)17-13(18)5-7-14(3,4)15/h6,8-10H,5,7,15H2,1-4H3. The van der Waals surface area contributed by atoms with Crippen molar-refractivity contribution in [2.24, 2.45) is 5.73 Å². The molecule has 0 unspecified atom stereocenters. The van der Waals surface area contributed by atoms with E-state index in [-0.39, 0.29) is 5.54 Å². The summed E-state index contributed by atoms with van der Waals surface area (Å²) in [5.74, 6) is 1.10. The zero-order chi connectivity index (χ0) is 13.3. The Bertz CT molecular complexity index is 534. The fourth-order valence-corrected chi connectivity index (χ4v) is 2.19. The topological polar surface area (TPSA) is 56.7 Å². The lowest BCUT2D eigenvalue weighted by Gasteiger charge is -2.19. The number of fused-ring (bicyclic) bond motifs is 1. The molecule has 0 spiro atoms. The fraction of sp³-hybridized carbons (Fsp3) is 0.571. The molecule has 0 aliphatic heterocycles. The third kappa shape index (κ3) is 2.70. The third-order valence-electron chi connectivity index (χ3n) is 3.07. The zero-order valence-electron chi connectivity index (χ0n) is 11.6. The Kier molecular flexibility index (Phi) is 3.39. The SMILES string of the molecule is CC(C)n1c(CCC(C)(C)N)nc2cnccc21. The highest BCUT2D eigenvalue weighted by Gasteiger charge is 2.16. The summed E-state index contributed by atoms with van der Waals surface area (Å²) in [6.07, 6.45) is 5.47. The normalized spacial score (nSPS) is 12.6. The lowest BCUT2D eigenvalue weighted by atomic mass is 10.00. The van der Waals surface area contributed by atoms with Gasteiger partial charge < -0.3 is 10.3 Å². The summed E-state index contributed by atoms with van der Waals surface area (Å²) >= 11 is 0. The van der Waals surface area contributed by atoms with Crippen molar-refractivity contribution in [3.8, 4) is 0 Å². The van der Waals surface area contributed by atoms with Crippen LogP contribution in [0.5, 0.6) is 0 Å². The Morgan fingerprint density at radius 1 is 1.39 bits per heavy atom. The van der Waals surface area contributed by atoms with E-state index in [4.69, 9.17) is 5.73 Å². The van der Waals surface area contributed by atoms with E-state index < -0.39 is 0 Å². The molecule has 2 rings (SSSR count). The molecular formula is C14H22N4. The Hall–Kier alpha value is -1.42. The molecule has 18 heavy (non-hydrogen) atoms. The molecule has 0 atom stereocenters. The quantitative estimate of drug-likeness (QED) is 0.902. The number of nitrogens with two attached hydrogens (primary N) is 1. The number of rotatable bonds is 4. The van der Waals surface area contributed by atoms with Gasteiger partial charge in [0.25, 0.3) is 0 Å². The van der Waals surface area contributed by atoms with Gasteiger partial charge in [0.2, 0.25) is 0 Å². The molecule has 0 fully saturated rings. The van der Waals surface area contributed by atoms with E-state index in [0.29, 0.717) is 6.04 Å². The van der Waals surface area contributed by atoms with Crippen LogP contribution in [0.4, 0.5) is 0 Å². The van der Waals surface area contributed by atoms with Crippen LogP contribution in [0, 0.1) is 0 Å². The molecule has 0 aliphatic carbocycles. The van der Waals surface area contributed by atoms with Crippen molar-refractivity contribution in [3.05, 3.63) is 24.3 Å². The molecule has 4 heteroatoms. The van der Waals surface area contributed by atoms with E-state index in [1.807, 2.05) is 18.5 Å². The lowest BCUT2D eigenvalue weighted by molar-refractivity contribution is 0.459. The van der Waals surface area contributed by atoms with Crippen molar-refractivity contribution in [2.75, 3.05) is 0 Å². The maximum Gasteiger partial charge on any atom is 0.110 e. The first-order chi connectivity index (χ1) is 8.38. The largest absolute Gasteiger partial charge is 0.326 e. The molecule has 2 aromatic rings. The summed E-state index contributed by atoms with van der Waals surface area (Å²) in [4.78, 5) is 8.82. The van der Waals surface area contributed by atoms with Gasteiger partial charge in [-0.1, -0.05) is 0 Å². The van der Waals surface area contributed by atoms with Crippen LogP contribution in [-0.2, 0) is 6.42 Å². The van der Waals surface area contributed by atoms with Crippen LogP contribution in [0.2, 0.25) is 0 Å². The van der Waals surface area contributed by atoms with Gasteiger partial charge in [-0.05, 0) is 40.2 Å². The smallest absolute Gasteiger partial charge is 0.110 e. The van der Waals surface area contributed by atoms with Gasteiger partial charge in [-0.3, -0.25) is 4.98 Å². The molecule has 2 N–H and O–H groups in total. The van der Waals surface area contributed by atoms with E-state index in [9.17, 15) is 0 Å². The number of hydrogen-bond acceptors (Lipinski definition) is 3. The zero-order valence-corrected chi connectivity index (χ0v) is 11.6. The van der Waals surface area contributed by atoms with Gasteiger partial charge in [0.1, 0.15) is 11.3 Å². The number of imidazole rings is 1. The highest BCUT2D eigenvalue weighted by molar-refractivity contribution is 5.74. The van der Waals surface area contributed by atoms with Crippen LogP contribution in [-0.4, -0.2) is 20.1 Å². The highest BCUT2D eigenvalue weighted by Crippen LogP contribution is 2.22. The van der Waals surface area contributed by atoms with Gasteiger partial charge in [0.15, 0.2) is 0 Å². The summed E-state index contributed by atoms with van der Waals surface area (Å²) in [6, 6.07) is 2.42. The highest BCUT2D eigenvalue weighted by atomic mass is 15.1. The molecule has 0 aromatic carbocycles. The second-order valence-electron chi connectivity index (χ2n) is 5.84. The lowest BCUT2D eigenvalue weighted by Crippen LogP contribution is -2.32. The van der Waals surface area contributed by atoms with E-state index in [2.05, 4.69) is 42.2 Å². The van der Waals surface area contributed by atoms with Crippen molar-refractivity contribution >= 4 is 11.0 Å². The third-order valence-corrected chi connectivity index (χ3v) is 3.07. The molecule has 98 valence electrons. The number of aromatic nitrogens is 3. The van der Waals surface area contributed by atoms with Crippen LogP contribution in [0.1, 0.15) is 46.0 Å². The van der Waals surface area contributed by atoms with Crippen molar-refractivity contribution < 1.29 is 0 Å². The minimum atomic E-state index is -0.155. The Morgan fingerprint density at radius 3 is 2.72 bits per heavy atom. The van der Waals surface area contributed by atoms with Crippen LogP contribution in [0.25, 0.3) is 11.0 Å². The number of aryl methyl sites for hydroxylation is 1. The second kappa shape index (κ2) is 4.69. The van der Waals surface area contributed by atoms with Gasteiger partial charge in [-0.15, -0.1) is 0 Å². The van der Waals surface area contributed by atoms with E-state index in [1.54, 1.807) is 0 Å². The number of pyridine rings is 1. The van der Waals surface area contributed by atoms with Gasteiger partial charge in [-0.25, -0.2) is 4.98 Å². The van der Waals surface area contributed by atoms with Crippen molar-refractivity contribution in [2.45, 2.75) is 52.1 Å². The van der Waals surface area contributed by atoms with E-state index in [1.165, 1.54) is 0 Å². The van der Waals surface area contributed by atoms with Crippen LogP contribution >= 0.6 is 0 Å². The van der Waals surface area contributed by atoms with Gasteiger partial charge >= 0.3 is 0 Å². The van der Waals surface area contributed by atoms with Crippen LogP contribution in [0.15, 0.2) is 18.5 Å². The van der Waals surface area contributed by atoms with Gasteiger partial charge in [-0.2, -0.15) is 0 Å². The molecular weight excluding hydrogens is 224 g/mol. The summed E-state index contributed by atoms with van der Waals surface area (Å²) in [7, 11) is 0. The molecule has 2 heterocycles. The second-order valence-corrected chi connectivity index (χ2v) is 5.84. The summed E-state index contributed by atoms with van der Waals surface area (Å²) in [6.45, 7) is 8.46. The summed E-state index contributed by atoms with van der Waals surface area (Å²) < 4.78 is 2.28.